The minimum atomic E-state index is -3.57. The van der Waals surface area contributed by atoms with Crippen LogP contribution in [-0.2, 0) is 10.0 Å². The van der Waals surface area contributed by atoms with Crippen LogP contribution in [0.25, 0.3) is 0 Å². The van der Waals surface area contributed by atoms with E-state index in [1.165, 1.54) is 0 Å². The van der Waals surface area contributed by atoms with Crippen molar-refractivity contribution in [2.24, 2.45) is 4.99 Å². The number of anilines is 2. The van der Waals surface area contributed by atoms with Crippen molar-refractivity contribution < 1.29 is 8.42 Å². The molecule has 0 bridgehead atoms. The van der Waals surface area contributed by atoms with Crippen molar-refractivity contribution in [1.29, 1.82) is 0 Å². The Morgan fingerprint density at radius 1 is 1.35 bits per heavy atom. The number of hydrogen-bond acceptors (Lipinski definition) is 4. The van der Waals surface area contributed by atoms with Gasteiger partial charge in [0.1, 0.15) is 4.90 Å². The van der Waals surface area contributed by atoms with Gasteiger partial charge < -0.3 is 10.2 Å². The highest BCUT2D eigenvalue weighted by Gasteiger charge is 2.27. The highest BCUT2D eigenvalue weighted by molar-refractivity contribution is 7.90. The lowest BCUT2D eigenvalue weighted by atomic mass is 10.2. The molecule has 0 saturated heterocycles. The Labute approximate surface area is 119 Å². The molecule has 0 saturated carbocycles. The quantitative estimate of drug-likeness (QED) is 0.889. The third kappa shape index (κ3) is 2.87. The van der Waals surface area contributed by atoms with Gasteiger partial charge in [-0.3, -0.25) is 0 Å². The van der Waals surface area contributed by atoms with Crippen molar-refractivity contribution in [1.82, 2.24) is 4.72 Å². The molecule has 1 aliphatic rings. The van der Waals surface area contributed by atoms with E-state index in [2.05, 4.69) is 15.0 Å². The first-order chi connectivity index (χ1) is 9.33. The number of nitrogens with one attached hydrogen (secondary N) is 2. The predicted octanol–water partition coefficient (Wildman–Crippen LogP) is 1.61. The van der Waals surface area contributed by atoms with E-state index in [1.54, 1.807) is 12.1 Å². The molecule has 1 heterocycles. The molecular formula is C13H20N4O2S. The minimum Gasteiger partial charge on any atom is -0.378 e. The van der Waals surface area contributed by atoms with Crippen LogP contribution in [0.3, 0.4) is 0 Å². The average molecular weight is 296 g/mol. The standard InChI is InChI=1S/C13H20N4O2S/c1-5-9(2)14-13-15-11-7-6-10(17(3)4)8-12(11)20(18,19)16-13/h6-9H,5H2,1-4H3,(H2,14,15,16). The number of nitrogens with zero attached hydrogens (tertiary/aromatic N) is 2. The molecule has 1 atom stereocenters. The molecule has 0 aliphatic carbocycles. The molecule has 1 aliphatic heterocycles. The smallest absolute Gasteiger partial charge is 0.266 e. The summed E-state index contributed by atoms with van der Waals surface area (Å²) >= 11 is 0. The summed E-state index contributed by atoms with van der Waals surface area (Å²) < 4.78 is 27.0. The number of hydrogen-bond donors (Lipinski definition) is 2. The second-order valence-corrected chi connectivity index (χ2v) is 6.69. The largest absolute Gasteiger partial charge is 0.378 e. The molecule has 0 spiro atoms. The fraction of sp³-hybridized carbons (Fsp3) is 0.462. The minimum absolute atomic E-state index is 0.0581. The van der Waals surface area contributed by atoms with E-state index in [1.807, 2.05) is 38.9 Å². The Hall–Kier alpha value is -1.76. The lowest BCUT2D eigenvalue weighted by molar-refractivity contribution is 0.591. The molecule has 0 radical (unpaired) electrons. The van der Waals surface area contributed by atoms with Crippen molar-refractivity contribution >= 4 is 27.4 Å². The van der Waals surface area contributed by atoms with Crippen LogP contribution < -0.4 is 14.9 Å². The summed E-state index contributed by atoms with van der Waals surface area (Å²) in [7, 11) is 0.167. The van der Waals surface area contributed by atoms with Gasteiger partial charge in [-0.25, -0.2) is 18.1 Å². The molecule has 20 heavy (non-hydrogen) atoms. The Kier molecular flexibility index (Phi) is 3.89. The van der Waals surface area contributed by atoms with Gasteiger partial charge in [-0.2, -0.15) is 0 Å². The van der Waals surface area contributed by atoms with E-state index in [0.717, 1.165) is 12.1 Å². The molecule has 1 unspecified atom stereocenters. The van der Waals surface area contributed by atoms with Crippen molar-refractivity contribution in [2.45, 2.75) is 31.2 Å². The van der Waals surface area contributed by atoms with Crippen molar-refractivity contribution in [3.63, 3.8) is 0 Å². The summed E-state index contributed by atoms with van der Waals surface area (Å²) in [6.45, 7) is 3.94. The first-order valence-electron chi connectivity index (χ1n) is 6.52. The maximum Gasteiger partial charge on any atom is 0.266 e. The number of guanidine groups is 1. The predicted molar refractivity (Wildman–Crippen MR) is 81.9 cm³/mol. The zero-order chi connectivity index (χ0) is 14.9. The van der Waals surface area contributed by atoms with E-state index in [0.29, 0.717) is 5.69 Å². The first-order valence-corrected chi connectivity index (χ1v) is 8.01. The second kappa shape index (κ2) is 5.32. The molecule has 0 aromatic heterocycles. The van der Waals surface area contributed by atoms with Gasteiger partial charge in [0, 0.05) is 19.8 Å². The van der Waals surface area contributed by atoms with Gasteiger partial charge in [-0.15, -0.1) is 0 Å². The third-order valence-corrected chi connectivity index (χ3v) is 4.57. The molecule has 2 N–H and O–H groups in total. The Bertz CT molecular complexity index is 638. The van der Waals surface area contributed by atoms with Crippen LogP contribution in [0.1, 0.15) is 20.3 Å². The number of benzene rings is 1. The van der Waals surface area contributed by atoms with Gasteiger partial charge >= 0.3 is 0 Å². The van der Waals surface area contributed by atoms with Gasteiger partial charge in [0.25, 0.3) is 10.0 Å². The molecule has 7 heteroatoms. The number of sulfonamides is 1. The third-order valence-electron chi connectivity index (χ3n) is 3.20. The van der Waals surface area contributed by atoms with Gasteiger partial charge in [0.05, 0.1) is 11.7 Å². The van der Waals surface area contributed by atoms with E-state index >= 15 is 0 Å². The molecule has 6 nitrogen and oxygen atoms in total. The van der Waals surface area contributed by atoms with Crippen LogP contribution in [0.5, 0.6) is 0 Å². The van der Waals surface area contributed by atoms with Crippen molar-refractivity contribution in [3.8, 4) is 0 Å². The van der Waals surface area contributed by atoms with E-state index in [9.17, 15) is 8.42 Å². The van der Waals surface area contributed by atoms with Gasteiger partial charge in [0.2, 0.25) is 5.96 Å². The topological polar surface area (TPSA) is 73.8 Å². The molecule has 110 valence electrons. The lowest BCUT2D eigenvalue weighted by Crippen LogP contribution is -2.41. The monoisotopic (exact) mass is 296 g/mol. The SMILES string of the molecule is CCC(C)N=C1Nc2ccc(N(C)C)cc2S(=O)(=O)N1. The Morgan fingerprint density at radius 2 is 2.05 bits per heavy atom. The van der Waals surface area contributed by atoms with Crippen LogP contribution >= 0.6 is 0 Å². The van der Waals surface area contributed by atoms with Gasteiger partial charge in [-0.1, -0.05) is 6.92 Å². The fourth-order valence-electron chi connectivity index (χ4n) is 1.82. The zero-order valence-corrected chi connectivity index (χ0v) is 13.0. The summed E-state index contributed by atoms with van der Waals surface area (Å²) in [5.41, 5.74) is 1.38. The van der Waals surface area contributed by atoms with Crippen LogP contribution in [0.2, 0.25) is 0 Å². The summed E-state index contributed by atoms with van der Waals surface area (Å²) in [6.07, 6.45) is 0.847. The Morgan fingerprint density at radius 3 is 2.65 bits per heavy atom. The fourth-order valence-corrected chi connectivity index (χ4v) is 2.97. The summed E-state index contributed by atoms with van der Waals surface area (Å²) in [6, 6.07) is 5.33. The lowest BCUT2D eigenvalue weighted by Gasteiger charge is -2.24. The van der Waals surface area contributed by atoms with Gasteiger partial charge in [-0.05, 0) is 31.5 Å². The van der Waals surface area contributed by atoms with Crippen molar-refractivity contribution in [3.05, 3.63) is 18.2 Å². The summed E-state index contributed by atoms with van der Waals surface area (Å²) in [5.74, 6) is 0.282. The van der Waals surface area contributed by atoms with E-state index < -0.39 is 10.0 Å². The molecule has 1 aromatic rings. The van der Waals surface area contributed by atoms with Crippen LogP contribution in [0.4, 0.5) is 11.4 Å². The molecular weight excluding hydrogens is 276 g/mol. The molecule has 0 amide bonds. The summed E-state index contributed by atoms with van der Waals surface area (Å²) in [5, 5.41) is 3.03. The highest BCUT2D eigenvalue weighted by atomic mass is 32.2. The highest BCUT2D eigenvalue weighted by Crippen LogP contribution is 2.28. The maximum atomic E-state index is 12.3. The number of rotatable bonds is 3. The van der Waals surface area contributed by atoms with E-state index in [-0.39, 0.29) is 16.9 Å². The summed E-state index contributed by atoms with van der Waals surface area (Å²) in [4.78, 5) is 6.41. The first kappa shape index (κ1) is 14.6. The number of fused-ring (bicyclic) bond motifs is 1. The van der Waals surface area contributed by atoms with E-state index in [4.69, 9.17) is 0 Å². The van der Waals surface area contributed by atoms with Crippen LogP contribution in [-0.4, -0.2) is 34.5 Å². The average Bonchev–Trinajstić information content (AvgIpc) is 2.37. The van der Waals surface area contributed by atoms with Gasteiger partial charge in [0.15, 0.2) is 0 Å². The number of aliphatic imine (C=N–C) groups is 1. The second-order valence-electron chi connectivity index (χ2n) is 5.04. The molecule has 2 rings (SSSR count). The van der Waals surface area contributed by atoms with Crippen LogP contribution in [0, 0.1) is 0 Å². The van der Waals surface area contributed by atoms with Crippen molar-refractivity contribution in [2.75, 3.05) is 24.3 Å². The maximum absolute atomic E-state index is 12.3. The van der Waals surface area contributed by atoms with Crippen LogP contribution in [0.15, 0.2) is 28.1 Å². The normalized spacial score (nSPS) is 19.7. The molecule has 0 fully saturated rings. The molecule has 1 aromatic carbocycles. The Balaban J connectivity index is 2.45. The zero-order valence-electron chi connectivity index (χ0n) is 12.1.